The van der Waals surface area contributed by atoms with Gasteiger partial charge in [0.05, 0.1) is 6.10 Å². The number of nitrogens with two attached hydrogens (primary N) is 1. The smallest absolute Gasteiger partial charge is 0.253 e. The highest BCUT2D eigenvalue weighted by atomic mass is 35.5. The second-order valence-corrected chi connectivity index (χ2v) is 5.16. The summed E-state index contributed by atoms with van der Waals surface area (Å²) in [6, 6.07) is 7.35. The molecule has 1 aliphatic heterocycles. The number of ether oxygens (including phenoxy) is 1. The number of amides is 2. The van der Waals surface area contributed by atoms with Gasteiger partial charge in [0.1, 0.15) is 6.10 Å². The van der Waals surface area contributed by atoms with Crippen LogP contribution in [0.1, 0.15) is 25.3 Å². The molecule has 0 unspecified atom stereocenters. The van der Waals surface area contributed by atoms with E-state index in [0.717, 1.165) is 12.0 Å². The van der Waals surface area contributed by atoms with E-state index in [-0.39, 0.29) is 30.3 Å². The van der Waals surface area contributed by atoms with Crippen molar-refractivity contribution < 1.29 is 14.3 Å². The molecule has 1 aromatic rings. The van der Waals surface area contributed by atoms with Gasteiger partial charge in [-0.25, -0.2) is 0 Å². The predicted octanol–water partition coefficient (Wildman–Crippen LogP) is 1.19. The minimum atomic E-state index is -0.419. The first-order valence-corrected chi connectivity index (χ1v) is 7.08. The lowest BCUT2D eigenvalue weighted by molar-refractivity contribution is -0.126. The van der Waals surface area contributed by atoms with Crippen LogP contribution in [0.15, 0.2) is 24.3 Å². The largest absolute Gasteiger partial charge is 0.364 e. The Morgan fingerprint density at radius 2 is 1.95 bits per heavy atom. The van der Waals surface area contributed by atoms with E-state index in [2.05, 4.69) is 10.6 Å². The molecule has 2 amide bonds. The van der Waals surface area contributed by atoms with Gasteiger partial charge in [-0.15, -0.1) is 12.4 Å². The highest BCUT2D eigenvalue weighted by molar-refractivity contribution is 5.94. The summed E-state index contributed by atoms with van der Waals surface area (Å²) in [6.07, 6.45) is 1.09. The molecule has 0 bridgehead atoms. The fourth-order valence-electron chi connectivity index (χ4n) is 2.23. The topological polar surface area (TPSA) is 93.5 Å². The molecule has 1 saturated heterocycles. The molecule has 7 heteroatoms. The Balaban J connectivity index is 0.00000242. The summed E-state index contributed by atoms with van der Waals surface area (Å²) in [5, 5.41) is 5.55. The number of hydrogen-bond acceptors (Lipinski definition) is 4. The van der Waals surface area contributed by atoms with E-state index in [4.69, 9.17) is 10.5 Å². The van der Waals surface area contributed by atoms with Gasteiger partial charge < -0.3 is 21.1 Å². The summed E-state index contributed by atoms with van der Waals surface area (Å²) in [4.78, 5) is 22.9. The van der Waals surface area contributed by atoms with Gasteiger partial charge >= 0.3 is 0 Å². The third-order valence-corrected chi connectivity index (χ3v) is 3.43. The summed E-state index contributed by atoms with van der Waals surface area (Å²) in [5.41, 5.74) is 7.22. The minimum absolute atomic E-state index is 0. The summed E-state index contributed by atoms with van der Waals surface area (Å²) in [5.74, 6) is -0.208. The normalized spacial score (nSPS) is 20.1. The molecular formula is C15H22ClN3O3. The van der Waals surface area contributed by atoms with Crippen molar-refractivity contribution in [1.82, 2.24) is 5.32 Å². The monoisotopic (exact) mass is 327 g/mol. The van der Waals surface area contributed by atoms with Crippen molar-refractivity contribution in [3.8, 4) is 0 Å². The van der Waals surface area contributed by atoms with E-state index in [1.807, 2.05) is 24.3 Å². The maximum absolute atomic E-state index is 12.0. The van der Waals surface area contributed by atoms with Crippen LogP contribution >= 0.6 is 12.4 Å². The van der Waals surface area contributed by atoms with Gasteiger partial charge in [0.2, 0.25) is 5.91 Å². The zero-order valence-electron chi connectivity index (χ0n) is 12.5. The Kier molecular flexibility index (Phi) is 7.31. The molecule has 1 aromatic carbocycles. The number of nitrogens with one attached hydrogen (secondary N) is 2. The Morgan fingerprint density at radius 1 is 1.27 bits per heavy atom. The van der Waals surface area contributed by atoms with Crippen molar-refractivity contribution in [3.05, 3.63) is 29.8 Å². The standard InChI is InChI=1S/C15H21N3O3.ClH/c1-10(19)17-9-11-2-4-12(5-3-11)18-15(20)14-7-6-13(8-16)21-14;/h2-5,13-14H,6-9,16H2,1H3,(H,17,19)(H,18,20);1H/t13-,14+;/m1./s1. The van der Waals surface area contributed by atoms with Gasteiger partial charge in [-0.2, -0.15) is 0 Å². The van der Waals surface area contributed by atoms with Crippen LogP contribution in [0, 0.1) is 0 Å². The van der Waals surface area contributed by atoms with Crippen LogP contribution in [0.25, 0.3) is 0 Å². The molecule has 22 heavy (non-hydrogen) atoms. The SMILES string of the molecule is CC(=O)NCc1ccc(NC(=O)[C@@H]2CC[C@H](CN)O2)cc1.Cl. The molecule has 1 heterocycles. The highest BCUT2D eigenvalue weighted by Gasteiger charge is 2.29. The number of hydrogen-bond donors (Lipinski definition) is 3. The van der Waals surface area contributed by atoms with Crippen molar-refractivity contribution in [3.63, 3.8) is 0 Å². The van der Waals surface area contributed by atoms with Gasteiger partial charge in [-0.1, -0.05) is 12.1 Å². The molecule has 0 spiro atoms. The van der Waals surface area contributed by atoms with Crippen LogP contribution in [0.5, 0.6) is 0 Å². The van der Waals surface area contributed by atoms with Crippen LogP contribution in [-0.2, 0) is 20.9 Å². The van der Waals surface area contributed by atoms with Crippen LogP contribution in [0.2, 0.25) is 0 Å². The Labute approximate surface area is 136 Å². The molecule has 0 aliphatic carbocycles. The van der Waals surface area contributed by atoms with Gasteiger partial charge in [0.15, 0.2) is 0 Å². The first kappa shape index (κ1) is 18.4. The molecule has 122 valence electrons. The van der Waals surface area contributed by atoms with E-state index in [1.165, 1.54) is 6.92 Å². The zero-order valence-corrected chi connectivity index (χ0v) is 13.3. The summed E-state index contributed by atoms with van der Waals surface area (Å²) in [6.45, 7) is 2.40. The van der Waals surface area contributed by atoms with Crippen LogP contribution < -0.4 is 16.4 Å². The van der Waals surface area contributed by atoms with Gasteiger partial charge in [-0.05, 0) is 30.5 Å². The lowest BCUT2D eigenvalue weighted by atomic mass is 10.1. The van der Waals surface area contributed by atoms with Crippen molar-refractivity contribution in [2.24, 2.45) is 5.73 Å². The molecule has 1 fully saturated rings. The van der Waals surface area contributed by atoms with Gasteiger partial charge in [0.25, 0.3) is 5.91 Å². The lowest BCUT2D eigenvalue weighted by Gasteiger charge is -2.13. The fraction of sp³-hybridized carbons (Fsp3) is 0.467. The van der Waals surface area contributed by atoms with Crippen LogP contribution in [0.3, 0.4) is 0 Å². The van der Waals surface area contributed by atoms with E-state index in [9.17, 15) is 9.59 Å². The maximum Gasteiger partial charge on any atom is 0.253 e. The molecule has 2 rings (SSSR count). The second-order valence-electron chi connectivity index (χ2n) is 5.16. The molecule has 4 N–H and O–H groups in total. The molecule has 0 aromatic heterocycles. The third kappa shape index (κ3) is 5.29. The molecular weight excluding hydrogens is 306 g/mol. The molecule has 0 saturated carbocycles. The van der Waals surface area contributed by atoms with E-state index < -0.39 is 6.10 Å². The Bertz CT molecular complexity index is 507. The van der Waals surface area contributed by atoms with Crippen LogP contribution in [0.4, 0.5) is 5.69 Å². The first-order valence-electron chi connectivity index (χ1n) is 7.08. The summed E-state index contributed by atoms with van der Waals surface area (Å²) in [7, 11) is 0. The van der Waals surface area contributed by atoms with Crippen molar-refractivity contribution in [2.45, 2.75) is 38.5 Å². The van der Waals surface area contributed by atoms with Gasteiger partial charge in [0, 0.05) is 25.7 Å². The van der Waals surface area contributed by atoms with E-state index in [0.29, 0.717) is 25.2 Å². The average molecular weight is 328 g/mol. The van der Waals surface area contributed by atoms with Crippen molar-refractivity contribution in [1.29, 1.82) is 0 Å². The second kappa shape index (κ2) is 8.73. The molecule has 6 nitrogen and oxygen atoms in total. The van der Waals surface area contributed by atoms with E-state index >= 15 is 0 Å². The fourth-order valence-corrected chi connectivity index (χ4v) is 2.23. The quantitative estimate of drug-likeness (QED) is 0.757. The molecule has 0 radical (unpaired) electrons. The predicted molar refractivity (Wildman–Crippen MR) is 86.8 cm³/mol. The Hall–Kier alpha value is -1.63. The van der Waals surface area contributed by atoms with Crippen LogP contribution in [-0.4, -0.2) is 30.6 Å². The number of carbonyl (C=O) groups excluding carboxylic acids is 2. The highest BCUT2D eigenvalue weighted by Crippen LogP contribution is 2.20. The number of carbonyl (C=O) groups is 2. The summed E-state index contributed by atoms with van der Waals surface area (Å²) >= 11 is 0. The average Bonchev–Trinajstić information content (AvgIpc) is 2.95. The lowest BCUT2D eigenvalue weighted by Crippen LogP contribution is -2.29. The minimum Gasteiger partial charge on any atom is -0.364 e. The number of benzene rings is 1. The third-order valence-electron chi connectivity index (χ3n) is 3.43. The Morgan fingerprint density at radius 3 is 2.50 bits per heavy atom. The van der Waals surface area contributed by atoms with Crippen molar-refractivity contribution in [2.75, 3.05) is 11.9 Å². The zero-order chi connectivity index (χ0) is 15.2. The van der Waals surface area contributed by atoms with E-state index in [1.54, 1.807) is 0 Å². The number of rotatable bonds is 5. The number of anilines is 1. The molecule has 1 aliphatic rings. The summed E-state index contributed by atoms with van der Waals surface area (Å²) < 4.78 is 5.55. The number of halogens is 1. The first-order chi connectivity index (χ1) is 10.1. The van der Waals surface area contributed by atoms with Gasteiger partial charge in [-0.3, -0.25) is 9.59 Å². The van der Waals surface area contributed by atoms with Crippen molar-refractivity contribution >= 4 is 29.9 Å². The molecule has 2 atom stereocenters. The maximum atomic E-state index is 12.0.